The van der Waals surface area contributed by atoms with Gasteiger partial charge in [-0.05, 0) is 31.4 Å². The minimum absolute atomic E-state index is 0.232. The lowest BCUT2D eigenvalue weighted by Crippen LogP contribution is -2.38. The lowest BCUT2D eigenvalue weighted by atomic mass is 10.1. The largest absolute Gasteiger partial charge is 0.391 e. The summed E-state index contributed by atoms with van der Waals surface area (Å²) >= 11 is 0. The smallest absolute Gasteiger partial charge is 0.0957 e. The molecule has 0 amide bonds. The second-order valence-corrected chi connectivity index (χ2v) is 4.61. The number of hydrogen-bond donors (Lipinski definition) is 2. The van der Waals surface area contributed by atoms with Gasteiger partial charge in [-0.25, -0.2) is 0 Å². The van der Waals surface area contributed by atoms with E-state index in [9.17, 15) is 10.2 Å². The van der Waals surface area contributed by atoms with Gasteiger partial charge in [0.25, 0.3) is 0 Å². The Morgan fingerprint density at radius 1 is 1.53 bits per heavy atom. The summed E-state index contributed by atoms with van der Waals surface area (Å²) in [4.78, 5) is 6.42. The molecule has 1 unspecified atom stereocenters. The molecule has 94 valence electrons. The van der Waals surface area contributed by atoms with E-state index < -0.39 is 6.10 Å². The number of pyridine rings is 1. The van der Waals surface area contributed by atoms with Crippen LogP contribution in [0.15, 0.2) is 18.3 Å². The molecule has 0 aromatic carbocycles. The van der Waals surface area contributed by atoms with E-state index in [1.165, 1.54) is 0 Å². The van der Waals surface area contributed by atoms with Crippen LogP contribution in [-0.4, -0.2) is 34.4 Å². The molecule has 1 aromatic rings. The van der Waals surface area contributed by atoms with Gasteiger partial charge in [-0.2, -0.15) is 0 Å². The van der Waals surface area contributed by atoms with Crippen LogP contribution < -0.4 is 4.90 Å². The zero-order valence-corrected chi connectivity index (χ0v) is 10.2. The molecule has 17 heavy (non-hydrogen) atoms. The fourth-order valence-electron chi connectivity index (χ4n) is 2.18. The summed E-state index contributed by atoms with van der Waals surface area (Å²) in [7, 11) is 0. The van der Waals surface area contributed by atoms with E-state index in [1.807, 2.05) is 19.1 Å². The predicted molar refractivity (Wildman–Crippen MR) is 66.9 cm³/mol. The number of anilines is 1. The Balaban J connectivity index is 2.06. The number of aliphatic hydroxyl groups excluding tert-OH is 2. The van der Waals surface area contributed by atoms with Crippen molar-refractivity contribution < 1.29 is 10.2 Å². The van der Waals surface area contributed by atoms with Crippen LogP contribution in [0.25, 0.3) is 0 Å². The minimum Gasteiger partial charge on any atom is -0.391 e. The highest BCUT2D eigenvalue weighted by atomic mass is 16.3. The molecular weight excluding hydrogens is 216 g/mol. The number of aliphatic hydroxyl groups is 2. The van der Waals surface area contributed by atoms with Gasteiger partial charge in [-0.1, -0.05) is 6.92 Å². The average Bonchev–Trinajstić information content (AvgIpc) is 2.38. The predicted octanol–water partition coefficient (Wildman–Crippen LogP) is 1.49. The monoisotopic (exact) mass is 236 g/mol. The highest BCUT2D eigenvalue weighted by Gasteiger charge is 2.18. The van der Waals surface area contributed by atoms with E-state index in [0.717, 1.165) is 25.1 Å². The topological polar surface area (TPSA) is 56.6 Å². The zero-order valence-electron chi connectivity index (χ0n) is 10.2. The highest BCUT2D eigenvalue weighted by Crippen LogP contribution is 2.21. The molecule has 1 aliphatic rings. The lowest BCUT2D eigenvalue weighted by molar-refractivity contribution is 0.154. The summed E-state index contributed by atoms with van der Waals surface area (Å²) in [6.45, 7) is 3.58. The standard InChI is InChI=1S/C13H20N2O2/c1-2-13(17)12-6-5-10(8-14-12)15-7-3-4-11(16)9-15/h5-6,8,11,13,16-17H,2-4,7,9H2,1H3/t11?,13-/m0/s1. The highest BCUT2D eigenvalue weighted by molar-refractivity contribution is 5.45. The molecule has 4 heteroatoms. The molecule has 0 saturated carbocycles. The summed E-state index contributed by atoms with van der Waals surface area (Å²) in [5.41, 5.74) is 1.74. The fraction of sp³-hybridized carbons (Fsp3) is 0.615. The molecule has 1 saturated heterocycles. The summed E-state index contributed by atoms with van der Waals surface area (Å²) in [5.74, 6) is 0. The van der Waals surface area contributed by atoms with Crippen molar-refractivity contribution >= 4 is 5.69 Å². The molecule has 1 aromatic heterocycles. The molecule has 0 radical (unpaired) electrons. The van der Waals surface area contributed by atoms with E-state index in [2.05, 4.69) is 9.88 Å². The first-order chi connectivity index (χ1) is 8.20. The van der Waals surface area contributed by atoms with Gasteiger partial charge in [0.1, 0.15) is 0 Å². The Morgan fingerprint density at radius 2 is 2.35 bits per heavy atom. The van der Waals surface area contributed by atoms with Crippen LogP contribution in [0.1, 0.15) is 38.0 Å². The Bertz CT molecular complexity index is 353. The van der Waals surface area contributed by atoms with E-state index in [-0.39, 0.29) is 6.10 Å². The molecule has 1 aliphatic heterocycles. The molecule has 4 nitrogen and oxygen atoms in total. The first-order valence-corrected chi connectivity index (χ1v) is 6.27. The van der Waals surface area contributed by atoms with Gasteiger partial charge in [0.05, 0.1) is 29.8 Å². The summed E-state index contributed by atoms with van der Waals surface area (Å²) in [5, 5.41) is 19.3. The maximum atomic E-state index is 9.66. The maximum Gasteiger partial charge on any atom is 0.0957 e. The van der Waals surface area contributed by atoms with E-state index in [0.29, 0.717) is 18.7 Å². The lowest BCUT2D eigenvalue weighted by Gasteiger charge is -2.31. The third-order valence-corrected chi connectivity index (χ3v) is 3.26. The normalized spacial score (nSPS) is 22.5. The van der Waals surface area contributed by atoms with Crippen molar-refractivity contribution in [3.05, 3.63) is 24.0 Å². The minimum atomic E-state index is -0.476. The van der Waals surface area contributed by atoms with Gasteiger partial charge in [-0.3, -0.25) is 4.98 Å². The first kappa shape index (κ1) is 12.3. The average molecular weight is 236 g/mol. The van der Waals surface area contributed by atoms with Gasteiger partial charge in [0, 0.05) is 13.1 Å². The molecule has 1 fully saturated rings. The Kier molecular flexibility index (Phi) is 3.97. The first-order valence-electron chi connectivity index (χ1n) is 6.27. The van der Waals surface area contributed by atoms with Crippen LogP contribution in [0.3, 0.4) is 0 Å². The second-order valence-electron chi connectivity index (χ2n) is 4.61. The number of hydrogen-bond acceptors (Lipinski definition) is 4. The SMILES string of the molecule is CC[C@H](O)c1ccc(N2CCCC(O)C2)cn1. The van der Waals surface area contributed by atoms with Crippen LogP contribution in [0.2, 0.25) is 0 Å². The molecular formula is C13H20N2O2. The van der Waals surface area contributed by atoms with Crippen molar-refractivity contribution in [1.29, 1.82) is 0 Å². The summed E-state index contributed by atoms with van der Waals surface area (Å²) < 4.78 is 0. The summed E-state index contributed by atoms with van der Waals surface area (Å²) in [6.07, 6.45) is 3.65. The number of aromatic nitrogens is 1. The van der Waals surface area contributed by atoms with Gasteiger partial charge in [-0.15, -0.1) is 0 Å². The van der Waals surface area contributed by atoms with Crippen molar-refractivity contribution in [2.45, 2.75) is 38.4 Å². The van der Waals surface area contributed by atoms with E-state index in [4.69, 9.17) is 0 Å². The van der Waals surface area contributed by atoms with Crippen LogP contribution in [0, 0.1) is 0 Å². The zero-order chi connectivity index (χ0) is 12.3. The van der Waals surface area contributed by atoms with Crippen molar-refractivity contribution in [1.82, 2.24) is 4.98 Å². The number of β-amino-alcohol motifs (C(OH)–C–C–N with tert-alkyl or cyclic N) is 1. The molecule has 2 N–H and O–H groups in total. The molecule has 0 bridgehead atoms. The fourth-order valence-corrected chi connectivity index (χ4v) is 2.18. The second kappa shape index (κ2) is 5.47. The van der Waals surface area contributed by atoms with Crippen molar-refractivity contribution in [3.63, 3.8) is 0 Å². The van der Waals surface area contributed by atoms with Crippen molar-refractivity contribution in [2.24, 2.45) is 0 Å². The van der Waals surface area contributed by atoms with Crippen LogP contribution in [-0.2, 0) is 0 Å². The third kappa shape index (κ3) is 2.96. The maximum absolute atomic E-state index is 9.66. The third-order valence-electron chi connectivity index (χ3n) is 3.26. The quantitative estimate of drug-likeness (QED) is 0.834. The Morgan fingerprint density at radius 3 is 2.94 bits per heavy atom. The molecule has 2 rings (SSSR count). The molecule has 2 atom stereocenters. The Labute approximate surface area is 102 Å². The van der Waals surface area contributed by atoms with Gasteiger partial charge in [0.15, 0.2) is 0 Å². The van der Waals surface area contributed by atoms with Crippen LogP contribution >= 0.6 is 0 Å². The summed E-state index contributed by atoms with van der Waals surface area (Å²) in [6, 6.07) is 3.84. The van der Waals surface area contributed by atoms with Crippen LogP contribution in [0.4, 0.5) is 5.69 Å². The van der Waals surface area contributed by atoms with Gasteiger partial charge in [0.2, 0.25) is 0 Å². The van der Waals surface area contributed by atoms with E-state index in [1.54, 1.807) is 6.20 Å². The number of rotatable bonds is 3. The van der Waals surface area contributed by atoms with E-state index >= 15 is 0 Å². The molecule has 2 heterocycles. The van der Waals surface area contributed by atoms with Gasteiger partial charge >= 0.3 is 0 Å². The molecule has 0 aliphatic carbocycles. The van der Waals surface area contributed by atoms with Crippen molar-refractivity contribution in [2.75, 3.05) is 18.0 Å². The molecule has 0 spiro atoms. The van der Waals surface area contributed by atoms with Crippen molar-refractivity contribution in [3.8, 4) is 0 Å². The number of nitrogens with zero attached hydrogens (tertiary/aromatic N) is 2. The Hall–Kier alpha value is -1.13. The van der Waals surface area contributed by atoms with Crippen LogP contribution in [0.5, 0.6) is 0 Å². The number of piperidine rings is 1. The van der Waals surface area contributed by atoms with Gasteiger partial charge < -0.3 is 15.1 Å².